The van der Waals surface area contributed by atoms with Crippen molar-refractivity contribution in [2.45, 2.75) is 31.6 Å². The molecule has 0 radical (unpaired) electrons. The maximum atomic E-state index is 12.4. The summed E-state index contributed by atoms with van der Waals surface area (Å²) in [4.78, 5) is 23.5. The maximum Gasteiger partial charge on any atom is 0.306 e. The summed E-state index contributed by atoms with van der Waals surface area (Å²) in [6.07, 6.45) is 2.99. The topological polar surface area (TPSA) is 66.4 Å². The number of amides is 1. The molecule has 2 aromatic carbocycles. The van der Waals surface area contributed by atoms with E-state index < -0.39 is 5.97 Å². The van der Waals surface area contributed by atoms with Gasteiger partial charge in [0.25, 0.3) is 5.91 Å². The second-order valence-corrected chi connectivity index (χ2v) is 7.93. The van der Waals surface area contributed by atoms with Crippen molar-refractivity contribution in [3.8, 4) is 0 Å². The molecule has 1 saturated carbocycles. The molecule has 27 heavy (non-hydrogen) atoms. The first kappa shape index (κ1) is 20.0. The van der Waals surface area contributed by atoms with Crippen LogP contribution in [0.1, 0.15) is 47.5 Å². The lowest BCUT2D eigenvalue weighted by Crippen LogP contribution is -2.20. The fraction of sp³-hybridized carbons (Fsp3) is 0.300. The van der Waals surface area contributed by atoms with E-state index in [1.807, 2.05) is 12.1 Å². The summed E-state index contributed by atoms with van der Waals surface area (Å²) >= 11 is 18.2. The Morgan fingerprint density at radius 1 is 0.889 bits per heavy atom. The van der Waals surface area contributed by atoms with Crippen molar-refractivity contribution in [3.63, 3.8) is 0 Å². The van der Waals surface area contributed by atoms with Crippen LogP contribution in [0, 0.1) is 5.92 Å². The minimum absolute atomic E-state index is 0.249. The van der Waals surface area contributed by atoms with Crippen molar-refractivity contribution in [2.75, 3.05) is 5.32 Å². The number of benzene rings is 2. The van der Waals surface area contributed by atoms with Crippen LogP contribution in [0.3, 0.4) is 0 Å². The number of anilines is 1. The first-order valence-electron chi connectivity index (χ1n) is 8.64. The van der Waals surface area contributed by atoms with E-state index in [2.05, 4.69) is 5.32 Å². The zero-order chi connectivity index (χ0) is 19.6. The van der Waals surface area contributed by atoms with Crippen LogP contribution in [0.2, 0.25) is 15.1 Å². The second-order valence-electron chi connectivity index (χ2n) is 6.71. The van der Waals surface area contributed by atoms with Crippen LogP contribution in [0.5, 0.6) is 0 Å². The number of carboxylic acids is 1. The zero-order valence-electron chi connectivity index (χ0n) is 14.3. The maximum absolute atomic E-state index is 12.4. The molecular formula is C20H18Cl3NO3. The van der Waals surface area contributed by atoms with Gasteiger partial charge in [0.1, 0.15) is 0 Å². The van der Waals surface area contributed by atoms with Gasteiger partial charge in [-0.3, -0.25) is 9.59 Å². The molecule has 1 aliphatic carbocycles. The van der Waals surface area contributed by atoms with Crippen LogP contribution in [0.4, 0.5) is 5.69 Å². The van der Waals surface area contributed by atoms with E-state index in [0.717, 1.165) is 18.4 Å². The Balaban J connectivity index is 1.69. The summed E-state index contributed by atoms with van der Waals surface area (Å²) in [5.74, 6) is -1.00. The molecule has 0 bridgehead atoms. The van der Waals surface area contributed by atoms with Crippen molar-refractivity contribution >= 4 is 52.4 Å². The van der Waals surface area contributed by atoms with Crippen molar-refractivity contribution in [1.82, 2.24) is 0 Å². The lowest BCUT2D eigenvalue weighted by molar-refractivity contribution is -0.142. The third-order valence-electron chi connectivity index (χ3n) is 4.97. The zero-order valence-corrected chi connectivity index (χ0v) is 16.6. The van der Waals surface area contributed by atoms with Crippen LogP contribution in [0.25, 0.3) is 0 Å². The summed E-state index contributed by atoms with van der Waals surface area (Å²) in [7, 11) is 0. The molecule has 1 aliphatic rings. The number of carbonyl (C=O) groups excluding carboxylic acids is 1. The van der Waals surface area contributed by atoms with Crippen LogP contribution in [-0.2, 0) is 4.79 Å². The van der Waals surface area contributed by atoms with E-state index in [4.69, 9.17) is 39.9 Å². The van der Waals surface area contributed by atoms with E-state index in [0.29, 0.717) is 39.2 Å². The van der Waals surface area contributed by atoms with E-state index in [1.54, 1.807) is 18.2 Å². The van der Waals surface area contributed by atoms with Gasteiger partial charge in [-0.05, 0) is 67.5 Å². The van der Waals surface area contributed by atoms with Gasteiger partial charge in [0.05, 0.1) is 26.7 Å². The summed E-state index contributed by atoms with van der Waals surface area (Å²) in [5.41, 5.74) is 1.96. The van der Waals surface area contributed by atoms with E-state index >= 15 is 0 Å². The molecule has 0 unspecified atom stereocenters. The largest absolute Gasteiger partial charge is 0.481 e. The van der Waals surface area contributed by atoms with Crippen molar-refractivity contribution in [3.05, 3.63) is 62.6 Å². The number of carboxylic acid groups (broad SMARTS) is 1. The molecule has 0 aromatic heterocycles. The average molecular weight is 427 g/mol. The minimum Gasteiger partial charge on any atom is -0.481 e. The number of carbonyl (C=O) groups is 2. The molecule has 142 valence electrons. The third kappa shape index (κ3) is 4.75. The van der Waals surface area contributed by atoms with Crippen molar-refractivity contribution in [2.24, 2.45) is 5.92 Å². The predicted molar refractivity (Wildman–Crippen MR) is 108 cm³/mol. The normalized spacial score (nSPS) is 19.5. The lowest BCUT2D eigenvalue weighted by Gasteiger charge is -2.26. The van der Waals surface area contributed by atoms with Gasteiger partial charge in [-0.2, -0.15) is 0 Å². The van der Waals surface area contributed by atoms with Gasteiger partial charge in [0.2, 0.25) is 0 Å². The average Bonchev–Trinajstić information content (AvgIpc) is 2.65. The number of halogens is 3. The molecule has 2 aromatic rings. The molecule has 3 rings (SSSR count). The third-order valence-corrected chi connectivity index (χ3v) is 6.02. The Bertz CT molecular complexity index is 877. The first-order chi connectivity index (χ1) is 12.8. The summed E-state index contributed by atoms with van der Waals surface area (Å²) in [6.45, 7) is 0. The fourth-order valence-electron chi connectivity index (χ4n) is 3.39. The molecule has 0 aliphatic heterocycles. The SMILES string of the molecule is O=C(Nc1ccc(C2CCC(C(=O)O)CC2)cc1Cl)c1ccc(Cl)c(Cl)c1. The highest BCUT2D eigenvalue weighted by molar-refractivity contribution is 6.42. The van der Waals surface area contributed by atoms with Gasteiger partial charge < -0.3 is 10.4 Å². The molecule has 0 atom stereocenters. The molecule has 7 heteroatoms. The van der Waals surface area contributed by atoms with Crippen molar-refractivity contribution < 1.29 is 14.7 Å². The van der Waals surface area contributed by atoms with Gasteiger partial charge in [-0.25, -0.2) is 0 Å². The smallest absolute Gasteiger partial charge is 0.306 e. The highest BCUT2D eigenvalue weighted by atomic mass is 35.5. The van der Waals surface area contributed by atoms with Gasteiger partial charge in [0, 0.05) is 5.56 Å². The fourth-order valence-corrected chi connectivity index (χ4v) is 3.93. The Hall–Kier alpha value is -1.75. The molecule has 4 nitrogen and oxygen atoms in total. The van der Waals surface area contributed by atoms with Gasteiger partial charge >= 0.3 is 5.97 Å². The molecule has 1 amide bonds. The Morgan fingerprint density at radius 2 is 1.59 bits per heavy atom. The quantitative estimate of drug-likeness (QED) is 0.606. The van der Waals surface area contributed by atoms with E-state index in [9.17, 15) is 9.59 Å². The van der Waals surface area contributed by atoms with Crippen LogP contribution in [-0.4, -0.2) is 17.0 Å². The van der Waals surface area contributed by atoms with E-state index in [1.165, 1.54) is 6.07 Å². The highest BCUT2D eigenvalue weighted by Crippen LogP contribution is 2.38. The summed E-state index contributed by atoms with van der Waals surface area (Å²) in [5, 5.41) is 13.0. The number of hydrogen-bond donors (Lipinski definition) is 2. The molecule has 0 heterocycles. The molecule has 2 N–H and O–H groups in total. The number of aliphatic carboxylic acids is 1. The second kappa shape index (κ2) is 8.51. The first-order valence-corrected chi connectivity index (χ1v) is 9.77. The molecular weight excluding hydrogens is 409 g/mol. The van der Waals surface area contributed by atoms with Gasteiger partial charge in [-0.15, -0.1) is 0 Å². The molecule has 0 spiro atoms. The van der Waals surface area contributed by atoms with E-state index in [-0.39, 0.29) is 17.7 Å². The van der Waals surface area contributed by atoms with Crippen LogP contribution in [0.15, 0.2) is 36.4 Å². The Labute approximate surface area is 172 Å². The monoisotopic (exact) mass is 425 g/mol. The van der Waals surface area contributed by atoms with Gasteiger partial charge in [0.15, 0.2) is 0 Å². The number of rotatable bonds is 4. The minimum atomic E-state index is -0.716. The number of nitrogens with one attached hydrogen (secondary N) is 1. The number of hydrogen-bond acceptors (Lipinski definition) is 2. The molecule has 1 fully saturated rings. The Kier molecular flexibility index (Phi) is 6.30. The van der Waals surface area contributed by atoms with Crippen LogP contribution < -0.4 is 5.32 Å². The predicted octanol–water partition coefficient (Wildman–Crippen LogP) is 6.26. The standard InChI is InChI=1S/C20H18Cl3NO3/c21-15-7-5-14(10-16(15)22)19(25)24-18-8-6-13(9-17(18)23)11-1-3-12(4-2-11)20(26)27/h5-12H,1-4H2,(H,24,25)(H,26,27). The van der Waals surface area contributed by atoms with Gasteiger partial charge in [-0.1, -0.05) is 40.9 Å². The summed E-state index contributed by atoms with van der Waals surface area (Å²) < 4.78 is 0. The summed E-state index contributed by atoms with van der Waals surface area (Å²) in [6, 6.07) is 10.2. The molecule has 0 saturated heterocycles. The highest BCUT2D eigenvalue weighted by Gasteiger charge is 2.27. The Morgan fingerprint density at radius 3 is 2.19 bits per heavy atom. The van der Waals surface area contributed by atoms with Crippen molar-refractivity contribution in [1.29, 1.82) is 0 Å². The van der Waals surface area contributed by atoms with Crippen LogP contribution >= 0.6 is 34.8 Å². The lowest BCUT2D eigenvalue weighted by atomic mass is 9.79.